The van der Waals surface area contributed by atoms with Crippen molar-refractivity contribution >= 4 is 5.97 Å². The summed E-state index contributed by atoms with van der Waals surface area (Å²) in [4.78, 5) is 20.1. The number of nitrogens with zero attached hydrogens (tertiary/aromatic N) is 1. The van der Waals surface area contributed by atoms with Gasteiger partial charge in [-0.2, -0.15) is 4.91 Å². The van der Waals surface area contributed by atoms with E-state index in [4.69, 9.17) is 10.2 Å². The van der Waals surface area contributed by atoms with Crippen molar-refractivity contribution in [3.8, 4) is 0 Å². The number of hydrogen-bond donors (Lipinski definition) is 2. The molecule has 0 rings (SSSR count). The molecule has 0 aromatic heterocycles. The highest BCUT2D eigenvalue weighted by atomic mass is 16.4. The van der Waals surface area contributed by atoms with Crippen LogP contribution in [0, 0.1) is 4.91 Å². The average molecular weight is 175 g/mol. The molecule has 2 atom stereocenters. The molecule has 12 heavy (non-hydrogen) atoms. The number of hydrogen-bond acceptors (Lipinski definition) is 4. The van der Waals surface area contributed by atoms with Crippen molar-refractivity contribution in [3.05, 3.63) is 4.91 Å². The molecule has 0 spiro atoms. The molecule has 2 unspecified atom stereocenters. The summed E-state index contributed by atoms with van der Waals surface area (Å²) in [7, 11) is 0. The molecule has 0 aromatic rings. The smallest absolute Gasteiger partial charge is 0.305 e. The minimum absolute atomic E-state index is 0.131. The third-order valence-corrected chi connectivity index (χ3v) is 1.57. The predicted molar refractivity (Wildman–Crippen MR) is 42.8 cm³/mol. The minimum atomic E-state index is -1.07. The Labute approximate surface area is 70.4 Å². The number of carbonyl (C=O) groups is 1. The number of nitroso groups, excluding NO2 is 1. The molecular weight excluding hydrogens is 162 g/mol. The Morgan fingerprint density at radius 3 is 2.50 bits per heavy atom. The molecule has 5 heteroatoms. The molecule has 0 radical (unpaired) electrons. The number of rotatable bonds is 6. The molecule has 0 saturated heterocycles. The standard InChI is InChI=1S/C7H13NO4/c1-2-5(8-12)3-6(9)4-7(10)11/h5-6,9H,2-4H2,1H3,(H,10,11). The third kappa shape index (κ3) is 4.79. The van der Waals surface area contributed by atoms with Crippen LogP contribution in [0.25, 0.3) is 0 Å². The van der Waals surface area contributed by atoms with Crippen LogP contribution in [-0.4, -0.2) is 28.3 Å². The Morgan fingerprint density at radius 1 is 1.58 bits per heavy atom. The van der Waals surface area contributed by atoms with Crippen molar-refractivity contribution in [1.82, 2.24) is 0 Å². The van der Waals surface area contributed by atoms with Gasteiger partial charge in [-0.1, -0.05) is 12.1 Å². The molecule has 0 aliphatic heterocycles. The van der Waals surface area contributed by atoms with E-state index in [2.05, 4.69) is 5.18 Å². The van der Waals surface area contributed by atoms with Crippen LogP contribution in [0.15, 0.2) is 5.18 Å². The zero-order valence-electron chi connectivity index (χ0n) is 6.93. The molecule has 0 aliphatic carbocycles. The minimum Gasteiger partial charge on any atom is -0.481 e. The number of carboxylic acid groups (broad SMARTS) is 1. The first kappa shape index (κ1) is 11.0. The van der Waals surface area contributed by atoms with Crippen molar-refractivity contribution in [2.45, 2.75) is 38.3 Å². The first-order chi connectivity index (χ1) is 5.60. The highest BCUT2D eigenvalue weighted by Crippen LogP contribution is 2.08. The Hall–Kier alpha value is -0.970. The Bertz CT molecular complexity index is 159. The van der Waals surface area contributed by atoms with Crippen LogP contribution < -0.4 is 0 Å². The van der Waals surface area contributed by atoms with Gasteiger partial charge in [0.2, 0.25) is 0 Å². The van der Waals surface area contributed by atoms with Gasteiger partial charge >= 0.3 is 5.97 Å². The fraction of sp³-hybridized carbons (Fsp3) is 0.857. The maximum absolute atomic E-state index is 10.1. The quantitative estimate of drug-likeness (QED) is 0.583. The third-order valence-electron chi connectivity index (χ3n) is 1.57. The van der Waals surface area contributed by atoms with E-state index < -0.39 is 18.1 Å². The summed E-state index contributed by atoms with van der Waals surface area (Å²) in [6, 6.07) is -0.473. The monoisotopic (exact) mass is 175 g/mol. The summed E-state index contributed by atoms with van der Waals surface area (Å²) < 4.78 is 0. The van der Waals surface area contributed by atoms with E-state index in [0.29, 0.717) is 6.42 Å². The number of carboxylic acids is 1. The van der Waals surface area contributed by atoms with E-state index in [9.17, 15) is 9.70 Å². The summed E-state index contributed by atoms with van der Waals surface area (Å²) in [5.41, 5.74) is 0. The lowest BCUT2D eigenvalue weighted by Crippen LogP contribution is -2.18. The van der Waals surface area contributed by atoms with E-state index in [1.165, 1.54) is 0 Å². The second kappa shape index (κ2) is 5.65. The van der Waals surface area contributed by atoms with E-state index in [-0.39, 0.29) is 12.8 Å². The van der Waals surface area contributed by atoms with Crippen LogP contribution in [-0.2, 0) is 4.79 Å². The van der Waals surface area contributed by atoms with Crippen molar-refractivity contribution in [1.29, 1.82) is 0 Å². The zero-order chi connectivity index (χ0) is 9.56. The van der Waals surface area contributed by atoms with Crippen LogP contribution in [0.3, 0.4) is 0 Å². The predicted octanol–water partition coefficient (Wildman–Crippen LogP) is 0.757. The SMILES string of the molecule is CCC(CC(O)CC(=O)O)N=O. The summed E-state index contributed by atoms with van der Waals surface area (Å²) in [5, 5.41) is 20.1. The van der Waals surface area contributed by atoms with Crippen LogP contribution in [0.1, 0.15) is 26.2 Å². The highest BCUT2D eigenvalue weighted by molar-refractivity contribution is 5.67. The maximum Gasteiger partial charge on any atom is 0.305 e. The summed E-state index contributed by atoms with van der Waals surface area (Å²) >= 11 is 0. The van der Waals surface area contributed by atoms with Gasteiger partial charge in [-0.15, -0.1) is 0 Å². The molecule has 70 valence electrons. The van der Waals surface area contributed by atoms with Gasteiger partial charge in [-0.05, 0) is 12.8 Å². The van der Waals surface area contributed by atoms with E-state index >= 15 is 0 Å². The molecule has 0 saturated carbocycles. The van der Waals surface area contributed by atoms with Gasteiger partial charge in [0.05, 0.1) is 18.6 Å². The molecule has 0 aliphatic rings. The van der Waals surface area contributed by atoms with Crippen LogP contribution in [0.4, 0.5) is 0 Å². The Balaban J connectivity index is 3.73. The van der Waals surface area contributed by atoms with Gasteiger partial charge in [0.1, 0.15) is 0 Å². The average Bonchev–Trinajstić information content (AvgIpc) is 1.98. The fourth-order valence-corrected chi connectivity index (χ4v) is 0.883. The second-order valence-corrected chi connectivity index (χ2v) is 2.65. The van der Waals surface area contributed by atoms with Crippen LogP contribution in [0.2, 0.25) is 0 Å². The topological polar surface area (TPSA) is 87.0 Å². The molecule has 0 amide bonds. The largest absolute Gasteiger partial charge is 0.481 e. The van der Waals surface area contributed by atoms with Gasteiger partial charge in [0.25, 0.3) is 0 Å². The fourth-order valence-electron chi connectivity index (χ4n) is 0.883. The van der Waals surface area contributed by atoms with Gasteiger partial charge in [-0.25, -0.2) is 0 Å². The maximum atomic E-state index is 10.1. The van der Waals surface area contributed by atoms with Crippen molar-refractivity contribution in [3.63, 3.8) is 0 Å². The zero-order valence-corrected chi connectivity index (χ0v) is 6.93. The van der Waals surface area contributed by atoms with Gasteiger partial charge in [-0.3, -0.25) is 4.79 Å². The lowest BCUT2D eigenvalue weighted by molar-refractivity contribution is -0.139. The molecular formula is C7H13NO4. The van der Waals surface area contributed by atoms with Crippen molar-refractivity contribution < 1.29 is 15.0 Å². The molecule has 0 heterocycles. The number of aliphatic carboxylic acids is 1. The van der Waals surface area contributed by atoms with Gasteiger partial charge in [0.15, 0.2) is 0 Å². The molecule has 0 bridgehead atoms. The summed E-state index contributed by atoms with van der Waals surface area (Å²) in [6.07, 6.45) is -0.636. The first-order valence-electron chi connectivity index (χ1n) is 3.82. The first-order valence-corrected chi connectivity index (χ1v) is 3.82. The molecule has 2 N–H and O–H groups in total. The second-order valence-electron chi connectivity index (χ2n) is 2.65. The van der Waals surface area contributed by atoms with Gasteiger partial charge in [0, 0.05) is 0 Å². The lowest BCUT2D eigenvalue weighted by atomic mass is 10.1. The van der Waals surface area contributed by atoms with Crippen LogP contribution >= 0.6 is 0 Å². The van der Waals surface area contributed by atoms with Crippen molar-refractivity contribution in [2.24, 2.45) is 5.18 Å². The molecule has 0 aromatic carbocycles. The summed E-state index contributed by atoms with van der Waals surface area (Å²) in [6.45, 7) is 1.76. The van der Waals surface area contributed by atoms with E-state index in [0.717, 1.165) is 0 Å². The van der Waals surface area contributed by atoms with Crippen molar-refractivity contribution in [2.75, 3.05) is 0 Å². The van der Waals surface area contributed by atoms with Gasteiger partial charge < -0.3 is 10.2 Å². The summed E-state index contributed by atoms with van der Waals surface area (Å²) in [5.74, 6) is -1.07. The Morgan fingerprint density at radius 2 is 2.17 bits per heavy atom. The normalized spacial score (nSPS) is 15.2. The Kier molecular flexibility index (Phi) is 5.19. The van der Waals surface area contributed by atoms with E-state index in [1.54, 1.807) is 6.92 Å². The highest BCUT2D eigenvalue weighted by Gasteiger charge is 2.15. The number of aliphatic hydroxyl groups excluding tert-OH is 1. The van der Waals surface area contributed by atoms with E-state index in [1.807, 2.05) is 0 Å². The van der Waals surface area contributed by atoms with Crippen LogP contribution in [0.5, 0.6) is 0 Å². The molecule has 5 nitrogen and oxygen atoms in total. The molecule has 0 fully saturated rings. The number of aliphatic hydroxyl groups is 1. The lowest BCUT2D eigenvalue weighted by Gasteiger charge is -2.10.